The van der Waals surface area contributed by atoms with Crippen LogP contribution >= 0.6 is 0 Å². The maximum Gasteiger partial charge on any atom is 0.117 e. The van der Waals surface area contributed by atoms with E-state index in [0.29, 0.717) is 0 Å². The smallest absolute Gasteiger partial charge is 0.117 e. The Labute approximate surface area is 212 Å². The molecule has 0 aromatic heterocycles. The van der Waals surface area contributed by atoms with E-state index in [2.05, 4.69) is 68.2 Å². The van der Waals surface area contributed by atoms with Gasteiger partial charge in [0.2, 0.25) is 0 Å². The SMILES string of the molecule is CC(C)(C)C1=CCC(C(O)CCCN2CCC(C(O)(c3ccccc3)c3ccccc3)CC2)C=C1. The summed E-state index contributed by atoms with van der Waals surface area (Å²) < 4.78 is 0. The molecular formula is C32H43NO2. The first-order valence-corrected chi connectivity index (χ1v) is 13.4. The topological polar surface area (TPSA) is 43.7 Å². The van der Waals surface area contributed by atoms with E-state index < -0.39 is 5.60 Å². The first kappa shape index (κ1) is 25.9. The average molecular weight is 474 g/mol. The molecule has 1 fully saturated rings. The van der Waals surface area contributed by atoms with Crippen LogP contribution < -0.4 is 0 Å². The van der Waals surface area contributed by atoms with Crippen molar-refractivity contribution in [3.8, 4) is 0 Å². The quantitative estimate of drug-likeness (QED) is 0.471. The van der Waals surface area contributed by atoms with Crippen molar-refractivity contribution in [2.24, 2.45) is 17.3 Å². The molecule has 1 aliphatic heterocycles. The fourth-order valence-corrected chi connectivity index (χ4v) is 5.81. The molecule has 2 aromatic carbocycles. The largest absolute Gasteiger partial charge is 0.393 e. The van der Waals surface area contributed by atoms with E-state index >= 15 is 0 Å². The minimum absolute atomic E-state index is 0.172. The Morgan fingerprint density at radius 3 is 1.97 bits per heavy atom. The van der Waals surface area contributed by atoms with Crippen LogP contribution in [0, 0.1) is 17.3 Å². The van der Waals surface area contributed by atoms with Gasteiger partial charge in [-0.3, -0.25) is 0 Å². The number of nitrogens with zero attached hydrogens (tertiary/aromatic N) is 1. The third-order valence-corrected chi connectivity index (χ3v) is 8.07. The van der Waals surface area contributed by atoms with Crippen molar-refractivity contribution in [1.82, 2.24) is 4.90 Å². The van der Waals surface area contributed by atoms with Gasteiger partial charge in [-0.25, -0.2) is 0 Å². The monoisotopic (exact) mass is 473 g/mol. The Hall–Kier alpha value is -2.20. The Bertz CT molecular complexity index is 942. The summed E-state index contributed by atoms with van der Waals surface area (Å²) >= 11 is 0. The molecular weight excluding hydrogens is 430 g/mol. The number of allylic oxidation sites excluding steroid dienone is 3. The lowest BCUT2D eigenvalue weighted by Crippen LogP contribution is -2.44. The summed E-state index contributed by atoms with van der Waals surface area (Å²) in [6.07, 6.45) is 11.2. The van der Waals surface area contributed by atoms with Crippen molar-refractivity contribution in [2.75, 3.05) is 19.6 Å². The van der Waals surface area contributed by atoms with E-state index in [1.165, 1.54) is 5.57 Å². The lowest BCUT2D eigenvalue weighted by atomic mass is 9.72. The van der Waals surface area contributed by atoms with Crippen LogP contribution in [-0.2, 0) is 5.60 Å². The first-order valence-electron chi connectivity index (χ1n) is 13.4. The number of aliphatic hydroxyl groups excluding tert-OH is 1. The summed E-state index contributed by atoms with van der Waals surface area (Å²) in [5.41, 5.74) is 2.55. The van der Waals surface area contributed by atoms with Gasteiger partial charge in [-0.2, -0.15) is 0 Å². The van der Waals surface area contributed by atoms with E-state index in [4.69, 9.17) is 0 Å². The normalized spacial score (nSPS) is 21.1. The van der Waals surface area contributed by atoms with Gasteiger partial charge in [-0.05, 0) is 79.8 Å². The molecule has 0 amide bonds. The minimum atomic E-state index is -0.961. The maximum atomic E-state index is 12.1. The van der Waals surface area contributed by atoms with Crippen molar-refractivity contribution < 1.29 is 10.2 Å². The van der Waals surface area contributed by atoms with Crippen LogP contribution in [0.4, 0.5) is 0 Å². The van der Waals surface area contributed by atoms with Crippen molar-refractivity contribution in [2.45, 2.75) is 64.6 Å². The van der Waals surface area contributed by atoms with Gasteiger partial charge in [0.1, 0.15) is 5.60 Å². The molecule has 1 aliphatic carbocycles. The zero-order valence-corrected chi connectivity index (χ0v) is 21.7. The Kier molecular flexibility index (Phi) is 8.31. The summed E-state index contributed by atoms with van der Waals surface area (Å²) in [5, 5.41) is 22.8. The number of aliphatic hydroxyl groups is 2. The molecule has 1 saturated heterocycles. The molecule has 2 N–H and O–H groups in total. The second-order valence-electron chi connectivity index (χ2n) is 11.5. The van der Waals surface area contributed by atoms with Crippen molar-refractivity contribution >= 4 is 0 Å². The fraction of sp³-hybridized carbons (Fsp3) is 0.500. The van der Waals surface area contributed by atoms with E-state index in [0.717, 1.165) is 62.9 Å². The molecule has 1 heterocycles. The third kappa shape index (κ3) is 6.14. The number of benzene rings is 2. The standard InChI is InChI=1S/C32H43NO2/c1-31(2,3)26-18-16-25(17-19-26)30(34)15-10-22-33-23-20-29(21-24-33)32(35,27-11-6-4-7-12-27)28-13-8-5-9-14-28/h4-9,11-14,16,18-19,25,29-30,34-35H,10,15,17,20-24H2,1-3H3. The summed E-state index contributed by atoms with van der Waals surface area (Å²) in [6, 6.07) is 20.3. The number of piperidine rings is 1. The van der Waals surface area contributed by atoms with Gasteiger partial charge in [0.05, 0.1) is 6.10 Å². The van der Waals surface area contributed by atoms with Gasteiger partial charge < -0.3 is 15.1 Å². The van der Waals surface area contributed by atoms with Crippen molar-refractivity contribution in [1.29, 1.82) is 0 Å². The van der Waals surface area contributed by atoms with Crippen LogP contribution in [0.15, 0.2) is 84.5 Å². The second-order valence-corrected chi connectivity index (χ2v) is 11.5. The van der Waals surface area contributed by atoms with Crippen LogP contribution in [-0.4, -0.2) is 40.9 Å². The highest BCUT2D eigenvalue weighted by Gasteiger charge is 2.41. The predicted molar refractivity (Wildman–Crippen MR) is 145 cm³/mol. The van der Waals surface area contributed by atoms with E-state index in [-0.39, 0.29) is 23.4 Å². The van der Waals surface area contributed by atoms with E-state index in [9.17, 15) is 10.2 Å². The number of likely N-dealkylation sites (tertiary alicyclic amines) is 1. The van der Waals surface area contributed by atoms with Crippen LogP contribution in [0.2, 0.25) is 0 Å². The number of hydrogen-bond donors (Lipinski definition) is 2. The molecule has 188 valence electrons. The van der Waals surface area contributed by atoms with Crippen LogP contribution in [0.25, 0.3) is 0 Å². The molecule has 0 spiro atoms. The molecule has 0 bridgehead atoms. The maximum absolute atomic E-state index is 12.1. The average Bonchev–Trinajstić information content (AvgIpc) is 2.89. The van der Waals surface area contributed by atoms with Gasteiger partial charge >= 0.3 is 0 Å². The highest BCUT2D eigenvalue weighted by Crippen LogP contribution is 2.42. The molecule has 4 rings (SSSR count). The fourth-order valence-electron chi connectivity index (χ4n) is 5.81. The lowest BCUT2D eigenvalue weighted by Gasteiger charge is -2.42. The van der Waals surface area contributed by atoms with Crippen LogP contribution in [0.1, 0.15) is 64.0 Å². The van der Waals surface area contributed by atoms with Crippen molar-refractivity contribution in [3.63, 3.8) is 0 Å². The highest BCUT2D eigenvalue weighted by molar-refractivity contribution is 5.37. The molecule has 3 nitrogen and oxygen atoms in total. The third-order valence-electron chi connectivity index (χ3n) is 8.07. The van der Waals surface area contributed by atoms with Crippen LogP contribution in [0.5, 0.6) is 0 Å². The molecule has 2 atom stereocenters. The highest BCUT2D eigenvalue weighted by atomic mass is 16.3. The molecule has 35 heavy (non-hydrogen) atoms. The minimum Gasteiger partial charge on any atom is -0.393 e. The molecule has 2 aromatic rings. The summed E-state index contributed by atoms with van der Waals surface area (Å²) in [4.78, 5) is 2.51. The molecule has 2 aliphatic rings. The van der Waals surface area contributed by atoms with Gasteiger partial charge in [0.15, 0.2) is 0 Å². The number of rotatable bonds is 8. The Balaban J connectivity index is 1.29. The molecule has 2 unspecified atom stereocenters. The second kappa shape index (κ2) is 11.2. The van der Waals surface area contributed by atoms with Crippen molar-refractivity contribution in [3.05, 3.63) is 95.6 Å². The van der Waals surface area contributed by atoms with E-state index in [1.807, 2.05) is 36.4 Å². The van der Waals surface area contributed by atoms with Crippen LogP contribution in [0.3, 0.4) is 0 Å². The van der Waals surface area contributed by atoms with Gasteiger partial charge in [0, 0.05) is 5.92 Å². The molecule has 3 heteroatoms. The van der Waals surface area contributed by atoms with Gasteiger partial charge in [-0.1, -0.05) is 99.7 Å². The Morgan fingerprint density at radius 1 is 0.914 bits per heavy atom. The molecule has 0 radical (unpaired) electrons. The Morgan fingerprint density at radius 2 is 1.49 bits per heavy atom. The van der Waals surface area contributed by atoms with E-state index in [1.54, 1.807) is 0 Å². The zero-order valence-electron chi connectivity index (χ0n) is 21.7. The van der Waals surface area contributed by atoms with Gasteiger partial charge in [0.25, 0.3) is 0 Å². The lowest BCUT2D eigenvalue weighted by molar-refractivity contribution is -0.0147. The summed E-state index contributed by atoms with van der Waals surface area (Å²) in [5.74, 6) is 0.420. The number of hydrogen-bond acceptors (Lipinski definition) is 3. The summed E-state index contributed by atoms with van der Waals surface area (Å²) in [6.45, 7) is 9.71. The molecule has 0 saturated carbocycles. The zero-order chi connectivity index (χ0) is 24.9. The first-order chi connectivity index (χ1) is 16.8. The predicted octanol–water partition coefficient (Wildman–Crippen LogP) is 6.32. The van der Waals surface area contributed by atoms with Gasteiger partial charge in [-0.15, -0.1) is 0 Å². The summed E-state index contributed by atoms with van der Waals surface area (Å²) in [7, 11) is 0.